The van der Waals surface area contributed by atoms with Gasteiger partial charge in [0, 0.05) is 14.3 Å². The van der Waals surface area contributed by atoms with Crippen LogP contribution >= 0.6 is 47.8 Å². The summed E-state index contributed by atoms with van der Waals surface area (Å²) in [5, 5.41) is 0.837. The number of halogens is 4. The van der Waals surface area contributed by atoms with E-state index in [9.17, 15) is 4.39 Å². The SMILES string of the molecule is Fc1cc(Br)cc(CC(CBr)c2ccccc2Br)c1. The zero-order valence-electron chi connectivity index (χ0n) is 10.0. The van der Waals surface area contributed by atoms with Crippen LogP contribution in [-0.2, 0) is 6.42 Å². The Morgan fingerprint density at radius 1 is 1.05 bits per heavy atom. The lowest BCUT2D eigenvalue weighted by Gasteiger charge is -2.16. The number of alkyl halides is 1. The molecule has 2 aromatic carbocycles. The second-order valence-corrected chi connectivity index (χ2v) is 6.77. The summed E-state index contributed by atoms with van der Waals surface area (Å²) in [5.41, 5.74) is 2.23. The highest BCUT2D eigenvalue weighted by atomic mass is 79.9. The fourth-order valence-electron chi connectivity index (χ4n) is 2.07. The van der Waals surface area contributed by atoms with Crippen LogP contribution in [0.2, 0.25) is 0 Å². The standard InChI is InChI=1S/C15H12Br3F/c16-9-11(14-3-1-2-4-15(14)18)5-10-6-12(17)8-13(19)7-10/h1-4,6-8,11H,5,9H2. The van der Waals surface area contributed by atoms with Crippen LogP contribution in [0.1, 0.15) is 17.0 Å². The molecule has 2 rings (SSSR count). The molecule has 1 atom stereocenters. The first-order valence-corrected chi connectivity index (χ1v) is 8.56. The van der Waals surface area contributed by atoms with Crippen molar-refractivity contribution in [2.24, 2.45) is 0 Å². The van der Waals surface area contributed by atoms with Gasteiger partial charge in [0.15, 0.2) is 0 Å². The lowest BCUT2D eigenvalue weighted by atomic mass is 9.94. The molecule has 0 amide bonds. The van der Waals surface area contributed by atoms with E-state index in [0.717, 1.165) is 26.3 Å². The fourth-order valence-corrected chi connectivity index (χ4v) is 3.77. The van der Waals surface area contributed by atoms with E-state index >= 15 is 0 Å². The Morgan fingerprint density at radius 3 is 2.42 bits per heavy atom. The minimum absolute atomic E-state index is 0.204. The van der Waals surface area contributed by atoms with Crippen LogP contribution in [-0.4, -0.2) is 5.33 Å². The van der Waals surface area contributed by atoms with E-state index in [-0.39, 0.29) is 5.82 Å². The van der Waals surface area contributed by atoms with Crippen molar-refractivity contribution in [3.05, 3.63) is 68.4 Å². The molecule has 1 unspecified atom stereocenters. The van der Waals surface area contributed by atoms with Crippen LogP contribution in [0.3, 0.4) is 0 Å². The highest BCUT2D eigenvalue weighted by molar-refractivity contribution is 9.11. The zero-order chi connectivity index (χ0) is 13.8. The average Bonchev–Trinajstić information content (AvgIpc) is 2.36. The summed E-state index contributed by atoms with van der Waals surface area (Å²) in [6, 6.07) is 13.2. The van der Waals surface area contributed by atoms with Gasteiger partial charge in [-0.25, -0.2) is 4.39 Å². The van der Waals surface area contributed by atoms with Gasteiger partial charge in [-0.15, -0.1) is 0 Å². The van der Waals surface area contributed by atoms with E-state index < -0.39 is 0 Å². The van der Waals surface area contributed by atoms with Gasteiger partial charge in [0.2, 0.25) is 0 Å². The van der Waals surface area contributed by atoms with Crippen LogP contribution < -0.4 is 0 Å². The van der Waals surface area contributed by atoms with E-state index in [2.05, 4.69) is 53.9 Å². The summed E-state index contributed by atoms with van der Waals surface area (Å²) in [7, 11) is 0. The molecule has 0 aliphatic heterocycles. The van der Waals surface area contributed by atoms with E-state index in [1.165, 1.54) is 11.6 Å². The summed E-state index contributed by atoms with van der Waals surface area (Å²) in [6.45, 7) is 0. The fraction of sp³-hybridized carbons (Fsp3) is 0.200. The van der Waals surface area contributed by atoms with Gasteiger partial charge in [-0.3, -0.25) is 0 Å². The molecule has 0 aliphatic rings. The maximum atomic E-state index is 13.4. The first kappa shape index (κ1) is 15.2. The Kier molecular flexibility index (Phi) is 5.60. The predicted octanol–water partition coefficient (Wildman–Crippen LogP) is 6.07. The Bertz CT molecular complexity index is 549. The number of benzene rings is 2. The molecule has 0 saturated heterocycles. The van der Waals surface area contributed by atoms with Crippen molar-refractivity contribution in [2.45, 2.75) is 12.3 Å². The van der Waals surface area contributed by atoms with E-state index in [0.29, 0.717) is 5.92 Å². The highest BCUT2D eigenvalue weighted by Gasteiger charge is 2.14. The minimum atomic E-state index is -0.204. The van der Waals surface area contributed by atoms with Crippen LogP contribution in [0.5, 0.6) is 0 Å². The van der Waals surface area contributed by atoms with Gasteiger partial charge in [0.1, 0.15) is 5.82 Å². The third-order valence-electron chi connectivity index (χ3n) is 2.94. The van der Waals surface area contributed by atoms with Gasteiger partial charge >= 0.3 is 0 Å². The molecule has 0 aromatic heterocycles. The molecule has 0 bridgehead atoms. The average molecular weight is 451 g/mol. The van der Waals surface area contributed by atoms with Gasteiger partial charge in [-0.05, 0) is 47.7 Å². The molecule has 0 aliphatic carbocycles. The molecule has 0 N–H and O–H groups in total. The molecule has 0 fully saturated rings. The first-order chi connectivity index (χ1) is 9.10. The van der Waals surface area contributed by atoms with Crippen molar-refractivity contribution in [3.8, 4) is 0 Å². The molecule has 0 nitrogen and oxygen atoms in total. The maximum Gasteiger partial charge on any atom is 0.124 e. The van der Waals surface area contributed by atoms with Crippen LogP contribution in [0, 0.1) is 5.82 Å². The van der Waals surface area contributed by atoms with E-state index in [1.54, 1.807) is 6.07 Å². The van der Waals surface area contributed by atoms with Crippen LogP contribution in [0.25, 0.3) is 0 Å². The van der Waals surface area contributed by atoms with Crippen molar-refractivity contribution >= 4 is 47.8 Å². The van der Waals surface area contributed by atoms with Gasteiger partial charge in [0.25, 0.3) is 0 Å². The lowest BCUT2D eigenvalue weighted by molar-refractivity contribution is 0.622. The molecule has 4 heteroatoms. The van der Waals surface area contributed by atoms with Crippen molar-refractivity contribution in [1.29, 1.82) is 0 Å². The smallest absolute Gasteiger partial charge is 0.124 e. The largest absolute Gasteiger partial charge is 0.207 e. The monoisotopic (exact) mass is 448 g/mol. The number of hydrogen-bond acceptors (Lipinski definition) is 0. The third kappa shape index (κ3) is 4.14. The van der Waals surface area contributed by atoms with Gasteiger partial charge in [0.05, 0.1) is 0 Å². The second kappa shape index (κ2) is 7.00. The number of rotatable bonds is 4. The molecule has 19 heavy (non-hydrogen) atoms. The molecular formula is C15H12Br3F. The predicted molar refractivity (Wildman–Crippen MR) is 88.5 cm³/mol. The maximum absolute atomic E-state index is 13.4. The third-order valence-corrected chi connectivity index (χ3v) is 4.90. The van der Waals surface area contributed by atoms with Gasteiger partial charge in [-0.2, -0.15) is 0 Å². The molecule has 0 spiro atoms. The van der Waals surface area contributed by atoms with Gasteiger partial charge < -0.3 is 0 Å². The summed E-state index contributed by atoms with van der Waals surface area (Å²) in [6.07, 6.45) is 0.796. The normalized spacial score (nSPS) is 12.4. The van der Waals surface area contributed by atoms with Crippen molar-refractivity contribution in [1.82, 2.24) is 0 Å². The quantitative estimate of drug-likeness (QED) is 0.496. The van der Waals surface area contributed by atoms with Crippen molar-refractivity contribution < 1.29 is 4.39 Å². The first-order valence-electron chi connectivity index (χ1n) is 5.85. The summed E-state index contributed by atoms with van der Waals surface area (Å²) >= 11 is 10.5. The zero-order valence-corrected chi connectivity index (χ0v) is 14.8. The van der Waals surface area contributed by atoms with Gasteiger partial charge in [-0.1, -0.05) is 66.0 Å². The summed E-state index contributed by atoms with van der Waals surface area (Å²) in [4.78, 5) is 0. The Balaban J connectivity index is 2.26. The lowest BCUT2D eigenvalue weighted by Crippen LogP contribution is -2.05. The topological polar surface area (TPSA) is 0 Å². The van der Waals surface area contributed by atoms with Crippen LogP contribution in [0.4, 0.5) is 4.39 Å². The molecule has 0 radical (unpaired) electrons. The number of hydrogen-bond donors (Lipinski definition) is 0. The van der Waals surface area contributed by atoms with Crippen molar-refractivity contribution in [3.63, 3.8) is 0 Å². The summed E-state index contributed by atoms with van der Waals surface area (Å²) < 4.78 is 15.3. The van der Waals surface area contributed by atoms with E-state index in [4.69, 9.17) is 0 Å². The van der Waals surface area contributed by atoms with Crippen LogP contribution in [0.15, 0.2) is 51.4 Å². The highest BCUT2D eigenvalue weighted by Crippen LogP contribution is 2.30. The molecule has 100 valence electrons. The summed E-state index contributed by atoms with van der Waals surface area (Å²) in [5.74, 6) is 0.106. The Labute approximate surface area is 137 Å². The van der Waals surface area contributed by atoms with Crippen molar-refractivity contribution in [2.75, 3.05) is 5.33 Å². The van der Waals surface area contributed by atoms with E-state index in [1.807, 2.05) is 24.3 Å². The molecule has 2 aromatic rings. The minimum Gasteiger partial charge on any atom is -0.207 e. The molecule has 0 heterocycles. The molecule has 0 saturated carbocycles. The second-order valence-electron chi connectivity index (χ2n) is 4.35. The molecular weight excluding hydrogens is 439 g/mol. The Hall–Kier alpha value is -0.190. The Morgan fingerprint density at radius 2 is 1.79 bits per heavy atom.